The van der Waals surface area contributed by atoms with Gasteiger partial charge in [0.05, 0.1) is 0 Å². The van der Waals surface area contributed by atoms with Crippen LogP contribution in [0.3, 0.4) is 0 Å². The molecule has 0 saturated heterocycles. The number of ketones is 1. The van der Waals surface area contributed by atoms with Gasteiger partial charge in [0.15, 0.2) is 5.78 Å². The maximum Gasteiger partial charge on any atom is 0.226 e. The summed E-state index contributed by atoms with van der Waals surface area (Å²) in [6.45, 7) is 3.71. The highest BCUT2D eigenvalue weighted by Crippen LogP contribution is 2.12. The van der Waals surface area contributed by atoms with E-state index in [-0.39, 0.29) is 24.0 Å². The molecular formula is C19H21N3O3. The van der Waals surface area contributed by atoms with Crippen LogP contribution in [0.4, 0.5) is 5.69 Å². The van der Waals surface area contributed by atoms with Crippen LogP contribution < -0.4 is 5.32 Å². The lowest BCUT2D eigenvalue weighted by atomic mass is 10.1. The largest absolute Gasteiger partial charge is 0.338 e. The van der Waals surface area contributed by atoms with E-state index in [9.17, 15) is 14.4 Å². The highest BCUT2D eigenvalue weighted by molar-refractivity contribution is 5.97. The molecule has 0 aliphatic rings. The highest BCUT2D eigenvalue weighted by atomic mass is 16.2. The van der Waals surface area contributed by atoms with Crippen molar-refractivity contribution < 1.29 is 14.4 Å². The van der Waals surface area contributed by atoms with Gasteiger partial charge in [-0.2, -0.15) is 0 Å². The number of pyridine rings is 1. The first-order valence-corrected chi connectivity index (χ1v) is 8.01. The molecule has 130 valence electrons. The molecule has 0 atom stereocenters. The molecule has 1 heterocycles. The van der Waals surface area contributed by atoms with Crippen molar-refractivity contribution in [2.24, 2.45) is 0 Å². The summed E-state index contributed by atoms with van der Waals surface area (Å²) < 4.78 is 0. The van der Waals surface area contributed by atoms with Gasteiger partial charge in [0.1, 0.15) is 0 Å². The molecule has 2 rings (SSSR count). The Labute approximate surface area is 146 Å². The van der Waals surface area contributed by atoms with Gasteiger partial charge in [-0.3, -0.25) is 19.4 Å². The number of hydrogen-bond donors (Lipinski definition) is 1. The van der Waals surface area contributed by atoms with Crippen molar-refractivity contribution in [3.63, 3.8) is 0 Å². The molecule has 6 nitrogen and oxygen atoms in total. The van der Waals surface area contributed by atoms with Gasteiger partial charge in [-0.05, 0) is 36.8 Å². The quantitative estimate of drug-likeness (QED) is 0.787. The van der Waals surface area contributed by atoms with Gasteiger partial charge >= 0.3 is 0 Å². The van der Waals surface area contributed by atoms with Crippen LogP contribution in [0.25, 0.3) is 0 Å². The van der Waals surface area contributed by atoms with E-state index >= 15 is 0 Å². The first kappa shape index (κ1) is 18.3. The summed E-state index contributed by atoms with van der Waals surface area (Å²) in [6, 6.07) is 10.5. The van der Waals surface area contributed by atoms with Crippen molar-refractivity contribution in [1.29, 1.82) is 0 Å². The molecule has 0 unspecified atom stereocenters. The van der Waals surface area contributed by atoms with Gasteiger partial charge in [-0.25, -0.2) is 0 Å². The van der Waals surface area contributed by atoms with Gasteiger partial charge in [-0.1, -0.05) is 12.1 Å². The smallest absolute Gasteiger partial charge is 0.226 e. The summed E-state index contributed by atoms with van der Waals surface area (Å²) in [5.74, 6) is -0.360. The lowest BCUT2D eigenvalue weighted by Gasteiger charge is -2.21. The Morgan fingerprint density at radius 3 is 2.44 bits per heavy atom. The average molecular weight is 339 g/mol. The Hall–Kier alpha value is -3.02. The van der Waals surface area contributed by atoms with E-state index in [0.717, 1.165) is 5.56 Å². The number of carbonyl (C=O) groups is 3. The van der Waals surface area contributed by atoms with Crippen LogP contribution in [0.1, 0.15) is 36.2 Å². The van der Waals surface area contributed by atoms with E-state index in [0.29, 0.717) is 24.3 Å². The minimum Gasteiger partial charge on any atom is -0.338 e. The molecule has 0 saturated carbocycles. The topological polar surface area (TPSA) is 79.4 Å². The molecule has 0 spiro atoms. The zero-order valence-electron chi connectivity index (χ0n) is 14.4. The van der Waals surface area contributed by atoms with E-state index in [4.69, 9.17) is 0 Å². The summed E-state index contributed by atoms with van der Waals surface area (Å²) in [5.41, 5.74) is 2.07. The van der Waals surface area contributed by atoms with Crippen LogP contribution >= 0.6 is 0 Å². The predicted octanol–water partition coefficient (Wildman–Crippen LogP) is 2.66. The van der Waals surface area contributed by atoms with E-state index in [2.05, 4.69) is 10.3 Å². The standard InChI is InChI=1S/C19H21N3O3/c1-14(23)17-4-3-5-18(12-17)21-19(25)8-11-22(15(2)24)13-16-6-9-20-10-7-16/h3-7,9-10,12H,8,11,13H2,1-2H3,(H,21,25). The van der Waals surface area contributed by atoms with Gasteiger partial charge < -0.3 is 10.2 Å². The average Bonchev–Trinajstić information content (AvgIpc) is 2.59. The molecule has 1 aromatic carbocycles. The molecule has 0 radical (unpaired) electrons. The third-order valence-corrected chi connectivity index (χ3v) is 3.73. The number of nitrogens with zero attached hydrogens (tertiary/aromatic N) is 2. The molecule has 25 heavy (non-hydrogen) atoms. The van der Waals surface area contributed by atoms with Crippen molar-refractivity contribution in [3.05, 3.63) is 59.9 Å². The van der Waals surface area contributed by atoms with Crippen LogP contribution in [-0.4, -0.2) is 34.0 Å². The lowest BCUT2D eigenvalue weighted by molar-refractivity contribution is -0.129. The Morgan fingerprint density at radius 1 is 1.08 bits per heavy atom. The highest BCUT2D eigenvalue weighted by Gasteiger charge is 2.12. The number of Topliss-reactive ketones (excluding diaryl/α,β-unsaturated/α-hetero) is 1. The minimum atomic E-state index is -0.207. The lowest BCUT2D eigenvalue weighted by Crippen LogP contribution is -2.31. The van der Waals surface area contributed by atoms with Crippen LogP contribution in [-0.2, 0) is 16.1 Å². The van der Waals surface area contributed by atoms with Crippen molar-refractivity contribution in [1.82, 2.24) is 9.88 Å². The summed E-state index contributed by atoms with van der Waals surface area (Å²) in [4.78, 5) is 40.9. The van der Waals surface area contributed by atoms with Gasteiger partial charge in [0.25, 0.3) is 0 Å². The second kappa shape index (κ2) is 8.73. The van der Waals surface area contributed by atoms with E-state index in [1.54, 1.807) is 41.6 Å². The Bertz CT molecular complexity index is 760. The summed E-state index contributed by atoms with van der Waals surface area (Å²) >= 11 is 0. The third-order valence-electron chi connectivity index (χ3n) is 3.73. The zero-order chi connectivity index (χ0) is 18.2. The van der Waals surface area contributed by atoms with E-state index in [1.807, 2.05) is 12.1 Å². The van der Waals surface area contributed by atoms with Crippen molar-refractivity contribution in [3.8, 4) is 0 Å². The van der Waals surface area contributed by atoms with Crippen LogP contribution in [0.2, 0.25) is 0 Å². The Balaban J connectivity index is 1.91. The molecule has 0 fully saturated rings. The predicted molar refractivity (Wildman–Crippen MR) is 95.0 cm³/mol. The molecule has 0 aliphatic heterocycles. The fourth-order valence-corrected chi connectivity index (χ4v) is 2.33. The SMILES string of the molecule is CC(=O)c1cccc(NC(=O)CCN(Cc2ccncc2)C(C)=O)c1. The molecule has 1 aromatic heterocycles. The van der Waals surface area contributed by atoms with Crippen LogP contribution in [0, 0.1) is 0 Å². The number of amides is 2. The Kier molecular flexibility index (Phi) is 6.39. The van der Waals surface area contributed by atoms with Crippen molar-refractivity contribution in [2.45, 2.75) is 26.8 Å². The molecule has 6 heteroatoms. The summed E-state index contributed by atoms with van der Waals surface area (Å²) in [6.07, 6.45) is 3.51. The maximum absolute atomic E-state index is 12.1. The molecule has 0 aliphatic carbocycles. The fraction of sp³-hybridized carbons (Fsp3) is 0.263. The minimum absolute atomic E-state index is 0.0591. The van der Waals surface area contributed by atoms with Gasteiger partial charge in [0.2, 0.25) is 11.8 Å². The number of hydrogen-bond acceptors (Lipinski definition) is 4. The molecule has 2 aromatic rings. The number of anilines is 1. The zero-order valence-corrected chi connectivity index (χ0v) is 14.4. The van der Waals surface area contributed by atoms with Gasteiger partial charge in [0, 0.05) is 50.1 Å². The number of benzene rings is 1. The van der Waals surface area contributed by atoms with Crippen LogP contribution in [0.15, 0.2) is 48.8 Å². The number of aromatic nitrogens is 1. The monoisotopic (exact) mass is 339 g/mol. The molecule has 0 bridgehead atoms. The normalized spacial score (nSPS) is 10.2. The summed E-state index contributed by atoms with van der Waals surface area (Å²) in [7, 11) is 0. The van der Waals surface area contributed by atoms with Crippen molar-refractivity contribution >= 4 is 23.3 Å². The number of nitrogens with one attached hydrogen (secondary N) is 1. The molecule has 1 N–H and O–H groups in total. The number of rotatable bonds is 7. The first-order chi connectivity index (χ1) is 12.0. The molecular weight excluding hydrogens is 318 g/mol. The Morgan fingerprint density at radius 2 is 1.80 bits per heavy atom. The second-order valence-electron chi connectivity index (χ2n) is 5.73. The number of carbonyl (C=O) groups excluding carboxylic acids is 3. The van der Waals surface area contributed by atoms with Gasteiger partial charge in [-0.15, -0.1) is 0 Å². The first-order valence-electron chi connectivity index (χ1n) is 8.01. The molecule has 2 amide bonds. The second-order valence-corrected chi connectivity index (χ2v) is 5.73. The van der Waals surface area contributed by atoms with E-state index < -0.39 is 0 Å². The van der Waals surface area contributed by atoms with E-state index in [1.165, 1.54) is 13.8 Å². The van der Waals surface area contributed by atoms with Crippen molar-refractivity contribution in [2.75, 3.05) is 11.9 Å². The maximum atomic E-state index is 12.1. The fourth-order valence-electron chi connectivity index (χ4n) is 2.33. The summed E-state index contributed by atoms with van der Waals surface area (Å²) in [5, 5.41) is 2.76. The third kappa shape index (κ3) is 5.84. The van der Waals surface area contributed by atoms with Crippen LogP contribution in [0.5, 0.6) is 0 Å².